The van der Waals surface area contributed by atoms with Gasteiger partial charge in [0.1, 0.15) is 18.0 Å². The van der Waals surface area contributed by atoms with E-state index in [1.165, 1.54) is 0 Å². The molecule has 0 amide bonds. The number of anilines is 1. The molecule has 20 heteroatoms. The summed E-state index contributed by atoms with van der Waals surface area (Å²) < 4.78 is 64.6. The molecule has 2 unspecified atom stereocenters. The number of aliphatic hydroxyl groups is 1. The molecule has 6 atom stereocenters. The molecule has 1 fully saturated rings. The lowest BCUT2D eigenvalue weighted by Crippen LogP contribution is -2.33. The number of phosphoric ester groups is 1. The molecule has 7 N–H and O–H groups in total. The lowest BCUT2D eigenvalue weighted by molar-refractivity contribution is -0.0481. The zero-order valence-corrected chi connectivity index (χ0v) is 16.5. The highest BCUT2D eigenvalue weighted by Crippen LogP contribution is 2.66. The highest BCUT2D eigenvalue weighted by molar-refractivity contribution is 7.66. The Morgan fingerprint density at radius 2 is 1.83 bits per heavy atom. The predicted octanol–water partition coefficient (Wildman–Crippen LogP) is -1.23. The second-order valence-corrected chi connectivity index (χ2v) is 9.85. The molecule has 29 heavy (non-hydrogen) atoms. The molecule has 1 saturated heterocycles. The summed E-state index contributed by atoms with van der Waals surface area (Å²) in [4.78, 5) is 50.3. The van der Waals surface area contributed by atoms with Gasteiger partial charge in [-0.25, -0.2) is 22.9 Å². The first-order valence-corrected chi connectivity index (χ1v) is 11.7. The minimum atomic E-state index is -5.74. The van der Waals surface area contributed by atoms with Crippen molar-refractivity contribution < 1.29 is 60.6 Å². The maximum absolute atomic E-state index is 14.3. The van der Waals surface area contributed by atoms with E-state index in [4.69, 9.17) is 25.2 Å². The van der Waals surface area contributed by atoms with Crippen LogP contribution in [0.5, 0.6) is 0 Å². The van der Waals surface area contributed by atoms with Crippen LogP contribution in [0.3, 0.4) is 0 Å². The fourth-order valence-corrected chi connectivity index (χ4v) is 5.19. The smallest absolute Gasteiger partial charge is 0.387 e. The van der Waals surface area contributed by atoms with Crippen molar-refractivity contribution >= 4 is 29.3 Å². The Balaban J connectivity index is 2.05. The third-order valence-electron chi connectivity index (χ3n) is 3.24. The lowest BCUT2D eigenvalue weighted by Gasteiger charge is -2.19. The summed E-state index contributed by atoms with van der Waals surface area (Å²) in [7, 11) is -16.8. The van der Waals surface area contributed by atoms with Crippen molar-refractivity contribution in [1.82, 2.24) is 9.55 Å². The van der Waals surface area contributed by atoms with Gasteiger partial charge in [-0.1, -0.05) is 0 Å². The number of halogens is 1. The van der Waals surface area contributed by atoms with Gasteiger partial charge in [0.05, 0.1) is 6.61 Å². The van der Waals surface area contributed by atoms with Crippen molar-refractivity contribution in [2.75, 3.05) is 12.3 Å². The predicted molar refractivity (Wildman–Crippen MR) is 87.5 cm³/mol. The van der Waals surface area contributed by atoms with Crippen molar-refractivity contribution in [3.63, 3.8) is 0 Å². The van der Waals surface area contributed by atoms with Crippen LogP contribution in [0.15, 0.2) is 17.1 Å². The Morgan fingerprint density at radius 3 is 2.38 bits per heavy atom. The van der Waals surface area contributed by atoms with Gasteiger partial charge in [-0.2, -0.15) is 13.6 Å². The van der Waals surface area contributed by atoms with E-state index >= 15 is 0 Å². The van der Waals surface area contributed by atoms with Gasteiger partial charge in [-0.15, -0.1) is 0 Å². The van der Waals surface area contributed by atoms with Gasteiger partial charge in [0.2, 0.25) is 0 Å². The summed E-state index contributed by atoms with van der Waals surface area (Å²) in [5.41, 5.74) is 4.28. The number of alkyl halides is 1. The van der Waals surface area contributed by atoms with Crippen LogP contribution in [0.4, 0.5) is 10.2 Å². The second-order valence-electron chi connectivity index (χ2n) is 5.43. The minimum Gasteiger partial charge on any atom is -0.387 e. The highest BCUT2D eigenvalue weighted by atomic mass is 31.3. The van der Waals surface area contributed by atoms with Crippen LogP contribution in [0.2, 0.25) is 0 Å². The number of nitrogens with zero attached hydrogens (tertiary/aromatic N) is 2. The molecule has 1 aliphatic rings. The SMILES string of the molecule is Nc1ccn([C@@H]2O[C@H](COP(=O)(O)OP(=O)(O)OP(=O)(O)O)[C@@H](O)[C@@H]2F)c(=O)n1. The van der Waals surface area contributed by atoms with Gasteiger partial charge in [0.15, 0.2) is 12.4 Å². The van der Waals surface area contributed by atoms with Crippen LogP contribution in [-0.4, -0.2) is 59.2 Å². The number of ether oxygens (including phenoxy) is 1. The summed E-state index contributed by atoms with van der Waals surface area (Å²) in [5, 5.41) is 9.83. The number of aliphatic hydroxyl groups excluding tert-OH is 1. The fourth-order valence-electron chi connectivity index (χ4n) is 2.16. The number of phosphoric acid groups is 3. The summed E-state index contributed by atoms with van der Waals surface area (Å²) >= 11 is 0. The number of nitrogen functional groups attached to an aromatic ring is 1. The number of aromatic nitrogens is 2. The van der Waals surface area contributed by atoms with E-state index in [0.717, 1.165) is 12.3 Å². The lowest BCUT2D eigenvalue weighted by atomic mass is 10.1. The monoisotopic (exact) mass is 485 g/mol. The molecule has 2 rings (SSSR count). The van der Waals surface area contributed by atoms with Gasteiger partial charge in [-0.05, 0) is 6.07 Å². The Morgan fingerprint density at radius 1 is 1.21 bits per heavy atom. The van der Waals surface area contributed by atoms with Gasteiger partial charge in [-0.3, -0.25) is 9.09 Å². The second kappa shape index (κ2) is 8.59. The zero-order chi connectivity index (χ0) is 22.2. The van der Waals surface area contributed by atoms with Gasteiger partial charge < -0.3 is 35.2 Å². The van der Waals surface area contributed by atoms with Crippen molar-refractivity contribution in [3.8, 4) is 0 Å². The standard InChI is InChI=1S/C9H15FN3O13P3/c10-6-7(14)4(24-8(6)13-2-1-5(11)12-9(13)15)3-23-28(19,20)26-29(21,22)25-27(16,17)18/h1-2,4,6-8,14H,3H2,(H,19,20)(H,21,22)(H2,11,12,15)(H2,16,17,18)/t4-,6+,7-,8-/m1/s1. The van der Waals surface area contributed by atoms with Crippen LogP contribution in [0.1, 0.15) is 6.23 Å². The number of hydrogen-bond donors (Lipinski definition) is 6. The average molecular weight is 485 g/mol. The van der Waals surface area contributed by atoms with Crippen LogP contribution in [0, 0.1) is 0 Å². The number of nitrogens with two attached hydrogens (primary N) is 1. The van der Waals surface area contributed by atoms with E-state index in [0.29, 0.717) is 4.57 Å². The molecular weight excluding hydrogens is 470 g/mol. The Labute approximate surface area is 160 Å². The summed E-state index contributed by atoms with van der Waals surface area (Å²) in [6, 6.07) is 1.14. The Kier molecular flexibility index (Phi) is 7.17. The molecule has 166 valence electrons. The van der Waals surface area contributed by atoms with Crippen molar-refractivity contribution in [3.05, 3.63) is 22.7 Å². The molecule has 0 bridgehead atoms. The number of rotatable bonds is 8. The summed E-state index contributed by atoms with van der Waals surface area (Å²) in [6.45, 7) is -1.10. The molecule has 0 spiro atoms. The zero-order valence-electron chi connectivity index (χ0n) is 13.9. The highest BCUT2D eigenvalue weighted by Gasteiger charge is 2.47. The van der Waals surface area contributed by atoms with E-state index in [-0.39, 0.29) is 5.82 Å². The van der Waals surface area contributed by atoms with Crippen molar-refractivity contribution in [2.24, 2.45) is 0 Å². The molecule has 1 aromatic heterocycles. The van der Waals surface area contributed by atoms with Gasteiger partial charge >= 0.3 is 29.2 Å². The topological polar surface area (TPSA) is 250 Å². The molecule has 0 radical (unpaired) electrons. The van der Waals surface area contributed by atoms with E-state index < -0.39 is 60.4 Å². The fraction of sp³-hybridized carbons (Fsp3) is 0.556. The van der Waals surface area contributed by atoms with E-state index in [9.17, 15) is 32.9 Å². The van der Waals surface area contributed by atoms with Crippen LogP contribution in [0.25, 0.3) is 0 Å². The van der Waals surface area contributed by atoms with E-state index in [2.05, 4.69) is 18.1 Å². The molecule has 0 aromatic carbocycles. The van der Waals surface area contributed by atoms with Gasteiger partial charge in [0.25, 0.3) is 0 Å². The van der Waals surface area contributed by atoms with Crippen molar-refractivity contribution in [1.29, 1.82) is 0 Å². The normalized spacial score (nSPS) is 29.3. The molecule has 2 heterocycles. The summed E-state index contributed by atoms with van der Waals surface area (Å²) in [5.74, 6) is -0.163. The molecule has 0 saturated carbocycles. The molecule has 0 aliphatic carbocycles. The maximum Gasteiger partial charge on any atom is 0.490 e. The Hall–Kier alpha value is -1.06. The third-order valence-corrected chi connectivity index (χ3v) is 7.04. The van der Waals surface area contributed by atoms with E-state index in [1.807, 2.05) is 0 Å². The van der Waals surface area contributed by atoms with Crippen LogP contribution < -0.4 is 11.4 Å². The van der Waals surface area contributed by atoms with Crippen LogP contribution >= 0.6 is 23.5 Å². The maximum atomic E-state index is 14.3. The average Bonchev–Trinajstić information content (AvgIpc) is 2.78. The molecule has 16 nitrogen and oxygen atoms in total. The molecular formula is C9H15FN3O13P3. The third kappa shape index (κ3) is 6.72. The number of hydrogen-bond acceptors (Lipinski definition) is 11. The Bertz CT molecular complexity index is 951. The van der Waals surface area contributed by atoms with Crippen molar-refractivity contribution in [2.45, 2.75) is 24.6 Å². The summed E-state index contributed by atoms with van der Waals surface area (Å²) in [6.07, 6.45) is -6.53. The van der Waals surface area contributed by atoms with E-state index in [1.54, 1.807) is 0 Å². The first-order chi connectivity index (χ1) is 13.1. The quantitative estimate of drug-likeness (QED) is 0.236. The van der Waals surface area contributed by atoms with Crippen LogP contribution in [-0.2, 0) is 31.6 Å². The first-order valence-electron chi connectivity index (χ1n) is 7.21. The van der Waals surface area contributed by atoms with Gasteiger partial charge in [0, 0.05) is 6.20 Å². The minimum absolute atomic E-state index is 0.163. The molecule has 1 aliphatic heterocycles. The largest absolute Gasteiger partial charge is 0.490 e. The first kappa shape index (κ1) is 24.2. The molecule has 1 aromatic rings.